The molecule has 2 N–H and O–H groups in total. The Balaban J connectivity index is 1.62. The van der Waals surface area contributed by atoms with Crippen LogP contribution in [-0.2, 0) is 4.74 Å². The molecule has 1 aliphatic heterocycles. The van der Waals surface area contributed by atoms with Crippen molar-refractivity contribution in [1.82, 2.24) is 9.97 Å². The molecular formula is C18H22N4O4. The van der Waals surface area contributed by atoms with Gasteiger partial charge in [0.15, 0.2) is 0 Å². The van der Waals surface area contributed by atoms with Crippen molar-refractivity contribution in [3.05, 3.63) is 36.3 Å². The molecule has 0 aliphatic carbocycles. The number of hydrogen-bond donors (Lipinski definition) is 2. The van der Waals surface area contributed by atoms with Gasteiger partial charge in [-0.15, -0.1) is 0 Å². The third-order valence-electron chi connectivity index (χ3n) is 4.07. The zero-order valence-corrected chi connectivity index (χ0v) is 14.8. The van der Waals surface area contributed by atoms with E-state index in [-0.39, 0.29) is 17.7 Å². The highest BCUT2D eigenvalue weighted by Gasteiger charge is 2.16. The zero-order valence-electron chi connectivity index (χ0n) is 14.8. The number of nitrogens with zero attached hydrogens (tertiary/aromatic N) is 2. The molecule has 1 fully saturated rings. The summed E-state index contributed by atoms with van der Waals surface area (Å²) < 4.78 is 16.0. The quantitative estimate of drug-likeness (QED) is 0.784. The van der Waals surface area contributed by atoms with Gasteiger partial charge in [-0.25, -0.2) is 9.97 Å². The molecular weight excluding hydrogens is 336 g/mol. The normalized spacial score (nSPS) is 16.2. The van der Waals surface area contributed by atoms with Gasteiger partial charge in [-0.2, -0.15) is 0 Å². The number of hydrogen-bond acceptors (Lipinski definition) is 7. The molecule has 1 saturated heterocycles. The first kappa shape index (κ1) is 17.9. The highest BCUT2D eigenvalue weighted by atomic mass is 16.5. The first-order valence-corrected chi connectivity index (χ1v) is 8.40. The molecule has 1 aliphatic rings. The van der Waals surface area contributed by atoms with Crippen molar-refractivity contribution in [2.24, 2.45) is 0 Å². The molecule has 3 rings (SSSR count). The number of aromatic nitrogens is 2. The average molecular weight is 358 g/mol. The van der Waals surface area contributed by atoms with E-state index < -0.39 is 0 Å². The molecule has 0 bridgehead atoms. The van der Waals surface area contributed by atoms with Gasteiger partial charge in [0.05, 0.1) is 38.4 Å². The maximum atomic E-state index is 12.4. The molecule has 8 nitrogen and oxygen atoms in total. The molecule has 26 heavy (non-hydrogen) atoms. The van der Waals surface area contributed by atoms with Gasteiger partial charge in [0.2, 0.25) is 0 Å². The Kier molecular flexibility index (Phi) is 5.85. The van der Waals surface area contributed by atoms with Gasteiger partial charge in [0.1, 0.15) is 23.0 Å². The van der Waals surface area contributed by atoms with E-state index in [1.54, 1.807) is 25.3 Å². The Morgan fingerprint density at radius 1 is 1.27 bits per heavy atom. The van der Waals surface area contributed by atoms with E-state index in [1.807, 2.05) is 0 Å². The number of methoxy groups -OCH3 is 2. The standard InChI is InChI=1S/C18H22N4O4/c1-24-12-5-6-16(25-2)14(8-12)22-18(23)15-10-21-17(11-19-15)20-9-13-4-3-7-26-13/h5-6,8,10-11,13H,3-4,7,9H2,1-2H3,(H,20,21)(H,22,23). The summed E-state index contributed by atoms with van der Waals surface area (Å²) in [4.78, 5) is 20.8. The largest absolute Gasteiger partial charge is 0.497 e. The number of anilines is 2. The number of rotatable bonds is 7. The van der Waals surface area contributed by atoms with Crippen molar-refractivity contribution in [3.8, 4) is 11.5 Å². The smallest absolute Gasteiger partial charge is 0.275 e. The van der Waals surface area contributed by atoms with Crippen LogP contribution in [0, 0.1) is 0 Å². The number of carbonyl (C=O) groups excluding carboxylic acids is 1. The highest BCUT2D eigenvalue weighted by Crippen LogP contribution is 2.29. The zero-order chi connectivity index (χ0) is 18.4. The van der Waals surface area contributed by atoms with Gasteiger partial charge in [-0.1, -0.05) is 0 Å². The van der Waals surface area contributed by atoms with Gasteiger partial charge in [-0.3, -0.25) is 4.79 Å². The van der Waals surface area contributed by atoms with E-state index in [0.29, 0.717) is 29.5 Å². The lowest BCUT2D eigenvalue weighted by Gasteiger charge is -2.12. The average Bonchev–Trinajstić information content (AvgIpc) is 3.20. The molecule has 0 saturated carbocycles. The van der Waals surface area contributed by atoms with E-state index in [0.717, 1.165) is 19.4 Å². The number of amides is 1. The lowest BCUT2D eigenvalue weighted by molar-refractivity contribution is 0.102. The molecule has 0 radical (unpaired) electrons. The minimum atomic E-state index is -0.380. The first-order valence-electron chi connectivity index (χ1n) is 8.40. The molecule has 1 unspecified atom stereocenters. The van der Waals surface area contributed by atoms with Crippen molar-refractivity contribution in [1.29, 1.82) is 0 Å². The third-order valence-corrected chi connectivity index (χ3v) is 4.07. The van der Waals surface area contributed by atoms with Crippen LogP contribution < -0.4 is 20.1 Å². The van der Waals surface area contributed by atoms with Gasteiger partial charge in [0, 0.05) is 19.2 Å². The fourth-order valence-electron chi connectivity index (χ4n) is 2.66. The Hall–Kier alpha value is -2.87. The maximum Gasteiger partial charge on any atom is 0.275 e. The minimum absolute atomic E-state index is 0.206. The number of benzene rings is 1. The van der Waals surface area contributed by atoms with Crippen LogP contribution >= 0.6 is 0 Å². The lowest BCUT2D eigenvalue weighted by atomic mass is 10.2. The molecule has 2 aromatic rings. The second-order valence-electron chi connectivity index (χ2n) is 5.82. The summed E-state index contributed by atoms with van der Waals surface area (Å²) >= 11 is 0. The summed E-state index contributed by atoms with van der Waals surface area (Å²) in [6.07, 6.45) is 5.31. The summed E-state index contributed by atoms with van der Waals surface area (Å²) in [6.45, 7) is 1.49. The Morgan fingerprint density at radius 3 is 2.81 bits per heavy atom. The van der Waals surface area contributed by atoms with Crippen LogP contribution in [0.15, 0.2) is 30.6 Å². The molecule has 1 aromatic heterocycles. The van der Waals surface area contributed by atoms with Crippen molar-refractivity contribution >= 4 is 17.4 Å². The lowest BCUT2D eigenvalue weighted by Crippen LogP contribution is -2.19. The Morgan fingerprint density at radius 2 is 2.15 bits per heavy atom. The number of ether oxygens (including phenoxy) is 3. The van der Waals surface area contributed by atoms with Crippen LogP contribution in [0.3, 0.4) is 0 Å². The van der Waals surface area contributed by atoms with Gasteiger partial charge < -0.3 is 24.8 Å². The van der Waals surface area contributed by atoms with Crippen molar-refractivity contribution in [2.75, 3.05) is 38.0 Å². The van der Waals surface area contributed by atoms with Crippen LogP contribution in [-0.4, -0.2) is 49.4 Å². The van der Waals surface area contributed by atoms with E-state index in [9.17, 15) is 4.79 Å². The summed E-state index contributed by atoms with van der Waals surface area (Å²) in [7, 11) is 3.09. The topological polar surface area (TPSA) is 94.6 Å². The second-order valence-corrected chi connectivity index (χ2v) is 5.82. The van der Waals surface area contributed by atoms with Crippen LogP contribution in [0.4, 0.5) is 11.5 Å². The van der Waals surface area contributed by atoms with Gasteiger partial charge in [0.25, 0.3) is 5.91 Å². The third kappa shape index (κ3) is 4.40. The van der Waals surface area contributed by atoms with E-state index in [4.69, 9.17) is 14.2 Å². The van der Waals surface area contributed by atoms with Crippen molar-refractivity contribution in [3.63, 3.8) is 0 Å². The van der Waals surface area contributed by atoms with Gasteiger partial charge >= 0.3 is 0 Å². The molecule has 1 aromatic carbocycles. The van der Waals surface area contributed by atoms with Crippen LogP contribution in [0.5, 0.6) is 11.5 Å². The van der Waals surface area contributed by atoms with Crippen LogP contribution in [0.1, 0.15) is 23.3 Å². The fraction of sp³-hybridized carbons (Fsp3) is 0.389. The van der Waals surface area contributed by atoms with E-state index in [1.165, 1.54) is 19.5 Å². The SMILES string of the molecule is COc1ccc(OC)c(NC(=O)c2cnc(NCC3CCCO3)cn2)c1. The maximum absolute atomic E-state index is 12.4. The molecule has 0 spiro atoms. The van der Waals surface area contributed by atoms with Crippen LogP contribution in [0.25, 0.3) is 0 Å². The van der Waals surface area contributed by atoms with E-state index >= 15 is 0 Å². The highest BCUT2D eigenvalue weighted by molar-refractivity contribution is 6.03. The molecule has 2 heterocycles. The minimum Gasteiger partial charge on any atom is -0.497 e. The molecule has 8 heteroatoms. The summed E-state index contributed by atoms with van der Waals surface area (Å²) in [5.41, 5.74) is 0.705. The second kappa shape index (κ2) is 8.48. The Bertz CT molecular complexity index is 745. The van der Waals surface area contributed by atoms with Crippen molar-refractivity contribution in [2.45, 2.75) is 18.9 Å². The number of carbonyl (C=O) groups is 1. The fourth-order valence-corrected chi connectivity index (χ4v) is 2.66. The molecule has 1 atom stereocenters. The predicted octanol–water partition coefficient (Wildman–Crippen LogP) is 2.34. The first-order chi connectivity index (χ1) is 12.7. The Labute approximate surface area is 151 Å². The van der Waals surface area contributed by atoms with Crippen LogP contribution in [0.2, 0.25) is 0 Å². The molecule has 1 amide bonds. The van der Waals surface area contributed by atoms with E-state index in [2.05, 4.69) is 20.6 Å². The number of nitrogens with one attached hydrogen (secondary N) is 2. The van der Waals surface area contributed by atoms with Crippen molar-refractivity contribution < 1.29 is 19.0 Å². The summed E-state index contributed by atoms with van der Waals surface area (Å²) in [6, 6.07) is 5.16. The molecule has 138 valence electrons. The summed E-state index contributed by atoms with van der Waals surface area (Å²) in [5, 5.41) is 5.93. The predicted molar refractivity (Wildman–Crippen MR) is 97.0 cm³/mol. The summed E-state index contributed by atoms with van der Waals surface area (Å²) in [5.74, 6) is 1.37. The van der Waals surface area contributed by atoms with Gasteiger partial charge in [-0.05, 0) is 25.0 Å². The monoisotopic (exact) mass is 358 g/mol.